The van der Waals surface area contributed by atoms with Crippen molar-refractivity contribution in [2.45, 2.75) is 18.7 Å². The van der Waals surface area contributed by atoms with Gasteiger partial charge in [-0.25, -0.2) is 9.78 Å². The molecule has 2 heterocycles. The topological polar surface area (TPSA) is 80.5 Å². The molecule has 27 heavy (non-hydrogen) atoms. The van der Waals surface area contributed by atoms with Gasteiger partial charge in [0.1, 0.15) is 6.61 Å². The van der Waals surface area contributed by atoms with Gasteiger partial charge in [-0.05, 0) is 23.8 Å². The van der Waals surface area contributed by atoms with Crippen molar-refractivity contribution in [3.05, 3.63) is 59.1 Å². The average molecular weight is 403 g/mol. The van der Waals surface area contributed by atoms with Crippen molar-refractivity contribution in [3.8, 4) is 0 Å². The van der Waals surface area contributed by atoms with Gasteiger partial charge in [-0.2, -0.15) is 0 Å². The van der Waals surface area contributed by atoms with Gasteiger partial charge < -0.3 is 20.7 Å². The molecule has 1 aliphatic heterocycles. The van der Waals surface area contributed by atoms with Crippen molar-refractivity contribution < 1.29 is 9.53 Å². The molecule has 0 bridgehead atoms. The van der Waals surface area contributed by atoms with Crippen LogP contribution >= 0.6 is 22.9 Å². The number of anilines is 1. The van der Waals surface area contributed by atoms with Crippen LogP contribution in [0.1, 0.15) is 5.56 Å². The SMILES string of the molecule is N[C@@H]1CN(C(=O)OCc2ccccc2)C[C@@H]1Nc1nc2ccc(Cl)cc2s1. The number of nitrogens with two attached hydrogens (primary N) is 1. The number of likely N-dealkylation sites (tertiary alicyclic amines) is 1. The third-order valence-corrected chi connectivity index (χ3v) is 5.67. The van der Waals surface area contributed by atoms with Gasteiger partial charge in [-0.1, -0.05) is 53.3 Å². The van der Waals surface area contributed by atoms with Crippen LogP contribution in [-0.4, -0.2) is 41.2 Å². The van der Waals surface area contributed by atoms with Gasteiger partial charge in [0.15, 0.2) is 5.13 Å². The summed E-state index contributed by atoms with van der Waals surface area (Å²) in [6, 6.07) is 14.9. The minimum absolute atomic E-state index is 0.0784. The number of amides is 1. The monoisotopic (exact) mass is 402 g/mol. The number of aromatic nitrogens is 1. The van der Waals surface area contributed by atoms with E-state index in [1.165, 1.54) is 11.3 Å². The zero-order chi connectivity index (χ0) is 18.8. The van der Waals surface area contributed by atoms with Crippen LogP contribution < -0.4 is 11.1 Å². The molecule has 140 valence electrons. The summed E-state index contributed by atoms with van der Waals surface area (Å²) in [5, 5.41) is 4.80. The Hall–Kier alpha value is -2.35. The number of nitrogens with one attached hydrogen (secondary N) is 1. The van der Waals surface area contributed by atoms with Gasteiger partial charge in [0.2, 0.25) is 0 Å². The van der Waals surface area contributed by atoms with E-state index < -0.39 is 0 Å². The average Bonchev–Trinajstić information content (AvgIpc) is 3.23. The molecule has 2 atom stereocenters. The maximum absolute atomic E-state index is 12.3. The predicted octanol–water partition coefficient (Wildman–Crippen LogP) is 3.71. The molecule has 6 nitrogen and oxygen atoms in total. The van der Waals surface area contributed by atoms with Crippen LogP contribution in [-0.2, 0) is 11.3 Å². The smallest absolute Gasteiger partial charge is 0.410 e. The molecule has 1 fully saturated rings. The third kappa shape index (κ3) is 4.16. The molecule has 1 saturated heterocycles. The number of hydrogen-bond acceptors (Lipinski definition) is 6. The van der Waals surface area contributed by atoms with Crippen LogP contribution in [0.25, 0.3) is 10.2 Å². The Morgan fingerprint density at radius 2 is 2.11 bits per heavy atom. The summed E-state index contributed by atoms with van der Waals surface area (Å²) in [4.78, 5) is 18.5. The molecule has 0 unspecified atom stereocenters. The molecular weight excluding hydrogens is 384 g/mol. The van der Waals surface area contributed by atoms with Crippen LogP contribution in [0, 0.1) is 0 Å². The molecule has 0 spiro atoms. The Morgan fingerprint density at radius 3 is 2.93 bits per heavy atom. The first-order valence-electron chi connectivity index (χ1n) is 8.62. The van der Waals surface area contributed by atoms with Crippen molar-refractivity contribution in [1.29, 1.82) is 0 Å². The molecule has 1 amide bonds. The maximum atomic E-state index is 12.3. The van der Waals surface area contributed by atoms with Crippen LogP contribution in [0.2, 0.25) is 5.02 Å². The summed E-state index contributed by atoms with van der Waals surface area (Å²) in [6.45, 7) is 1.18. The van der Waals surface area contributed by atoms with Crippen LogP contribution in [0.15, 0.2) is 48.5 Å². The molecule has 8 heteroatoms. The number of hydrogen-bond donors (Lipinski definition) is 2. The second-order valence-electron chi connectivity index (χ2n) is 6.49. The van der Waals surface area contributed by atoms with Gasteiger partial charge in [0.25, 0.3) is 0 Å². The first kappa shape index (κ1) is 18.0. The van der Waals surface area contributed by atoms with Crippen molar-refractivity contribution in [2.24, 2.45) is 5.73 Å². The molecule has 0 radical (unpaired) electrons. The third-order valence-electron chi connectivity index (χ3n) is 4.49. The number of carbonyl (C=O) groups excluding carboxylic acids is 1. The minimum Gasteiger partial charge on any atom is -0.445 e. The molecule has 1 aromatic heterocycles. The van der Waals surface area contributed by atoms with E-state index in [1.54, 1.807) is 4.90 Å². The summed E-state index contributed by atoms with van der Waals surface area (Å²) in [5.74, 6) is 0. The highest BCUT2D eigenvalue weighted by atomic mass is 35.5. The highest BCUT2D eigenvalue weighted by Crippen LogP contribution is 2.29. The van der Waals surface area contributed by atoms with E-state index in [1.807, 2.05) is 48.5 Å². The van der Waals surface area contributed by atoms with E-state index >= 15 is 0 Å². The second kappa shape index (κ2) is 7.72. The summed E-state index contributed by atoms with van der Waals surface area (Å²) >= 11 is 7.55. The van der Waals surface area contributed by atoms with E-state index in [2.05, 4.69) is 10.3 Å². The molecule has 2 aromatic carbocycles. The zero-order valence-corrected chi connectivity index (χ0v) is 16.0. The number of carbonyl (C=O) groups is 1. The number of halogens is 1. The van der Waals surface area contributed by atoms with Crippen LogP contribution in [0.3, 0.4) is 0 Å². The number of nitrogens with zero attached hydrogens (tertiary/aromatic N) is 2. The summed E-state index contributed by atoms with van der Waals surface area (Å²) < 4.78 is 6.41. The van der Waals surface area contributed by atoms with Crippen molar-refractivity contribution in [1.82, 2.24) is 9.88 Å². The fourth-order valence-corrected chi connectivity index (χ4v) is 4.26. The summed E-state index contributed by atoms with van der Waals surface area (Å²) in [7, 11) is 0. The lowest BCUT2D eigenvalue weighted by Crippen LogP contribution is -2.38. The lowest BCUT2D eigenvalue weighted by molar-refractivity contribution is 0.104. The zero-order valence-electron chi connectivity index (χ0n) is 14.5. The Morgan fingerprint density at radius 1 is 1.30 bits per heavy atom. The number of thiazole rings is 1. The fraction of sp³-hybridized carbons (Fsp3) is 0.263. The molecule has 0 saturated carbocycles. The number of ether oxygens (including phenoxy) is 1. The van der Waals surface area contributed by atoms with Gasteiger partial charge in [-0.3, -0.25) is 0 Å². The second-order valence-corrected chi connectivity index (χ2v) is 7.96. The first-order valence-corrected chi connectivity index (χ1v) is 9.82. The summed E-state index contributed by atoms with van der Waals surface area (Å²) in [6.07, 6.45) is -0.352. The molecule has 3 N–H and O–H groups in total. The molecule has 1 aliphatic rings. The predicted molar refractivity (Wildman–Crippen MR) is 108 cm³/mol. The molecule has 0 aliphatic carbocycles. The Labute approximate surface area is 165 Å². The quantitative estimate of drug-likeness (QED) is 0.695. The Bertz CT molecular complexity index is 949. The fourth-order valence-electron chi connectivity index (χ4n) is 3.06. The van der Waals surface area contributed by atoms with E-state index in [4.69, 9.17) is 22.1 Å². The largest absolute Gasteiger partial charge is 0.445 e. The molecule has 3 aromatic rings. The van der Waals surface area contributed by atoms with E-state index in [0.717, 1.165) is 20.9 Å². The Kier molecular flexibility index (Phi) is 5.15. The Balaban J connectivity index is 1.36. The van der Waals surface area contributed by atoms with Crippen LogP contribution in [0.4, 0.5) is 9.93 Å². The highest BCUT2D eigenvalue weighted by Gasteiger charge is 2.34. The lowest BCUT2D eigenvalue weighted by atomic mass is 10.2. The van der Waals surface area contributed by atoms with Gasteiger partial charge in [-0.15, -0.1) is 0 Å². The number of rotatable bonds is 4. The standard InChI is InChI=1S/C19H19ClN4O2S/c20-13-6-7-15-17(8-13)27-18(22-15)23-16-10-24(9-14(16)21)19(25)26-11-12-4-2-1-3-5-12/h1-8,14,16H,9-11,21H2,(H,22,23)/t14-,16+/m1/s1. The normalized spacial score (nSPS) is 19.4. The summed E-state index contributed by atoms with van der Waals surface area (Å²) in [5.41, 5.74) is 8.07. The first-order chi connectivity index (χ1) is 13.1. The lowest BCUT2D eigenvalue weighted by Gasteiger charge is -2.16. The highest BCUT2D eigenvalue weighted by molar-refractivity contribution is 7.22. The van der Waals surface area contributed by atoms with Crippen molar-refractivity contribution in [2.75, 3.05) is 18.4 Å². The maximum Gasteiger partial charge on any atom is 0.410 e. The number of benzene rings is 2. The van der Waals surface area contributed by atoms with Gasteiger partial charge >= 0.3 is 6.09 Å². The van der Waals surface area contributed by atoms with Crippen molar-refractivity contribution >= 4 is 44.4 Å². The van der Waals surface area contributed by atoms with Crippen molar-refractivity contribution in [3.63, 3.8) is 0 Å². The molecule has 4 rings (SSSR count). The number of fused-ring (bicyclic) bond motifs is 1. The van der Waals surface area contributed by atoms with E-state index in [9.17, 15) is 4.79 Å². The van der Waals surface area contributed by atoms with Gasteiger partial charge in [0, 0.05) is 24.2 Å². The van der Waals surface area contributed by atoms with Gasteiger partial charge in [0.05, 0.1) is 16.3 Å². The molecular formula is C19H19ClN4O2S. The van der Waals surface area contributed by atoms with E-state index in [0.29, 0.717) is 18.1 Å². The minimum atomic E-state index is -0.352. The van der Waals surface area contributed by atoms with E-state index in [-0.39, 0.29) is 24.8 Å². The van der Waals surface area contributed by atoms with Crippen LogP contribution in [0.5, 0.6) is 0 Å².